The second kappa shape index (κ2) is 42.7. The van der Waals surface area contributed by atoms with Gasteiger partial charge in [-0.2, -0.15) is 0 Å². The topological polar surface area (TPSA) is 247 Å². The summed E-state index contributed by atoms with van der Waals surface area (Å²) in [6, 6.07) is 49.3. The second-order valence-corrected chi connectivity index (χ2v) is 47.2. The summed E-state index contributed by atoms with van der Waals surface area (Å²) in [6.07, 6.45) is 11.7. The molecule has 11 aromatic rings. The highest BCUT2D eigenvalue weighted by molar-refractivity contribution is 7.92. The van der Waals surface area contributed by atoms with Crippen LogP contribution >= 0.6 is 58.0 Å². The van der Waals surface area contributed by atoms with Crippen LogP contribution in [0.1, 0.15) is 161 Å². The van der Waals surface area contributed by atoms with Gasteiger partial charge in [0.05, 0.1) is 40.7 Å². The molecule has 18 nitrogen and oxygen atoms in total. The lowest BCUT2D eigenvalue weighted by Gasteiger charge is -2.55. The number of carbonyl (C=O) groups is 2. The molecule has 5 aliphatic heterocycles. The number of pyridine rings is 1. The first-order valence-electron chi connectivity index (χ1n) is 48.9. The summed E-state index contributed by atoms with van der Waals surface area (Å²) in [7, 11) is -6.97. The normalized spacial score (nSPS) is 26.7. The van der Waals surface area contributed by atoms with Crippen molar-refractivity contribution < 1.29 is 109 Å². The predicted molar refractivity (Wildman–Crippen MR) is 538 cm³/mol. The van der Waals surface area contributed by atoms with Gasteiger partial charge in [0.2, 0.25) is 11.8 Å². The van der Waals surface area contributed by atoms with E-state index in [1.807, 2.05) is 66.7 Å². The number of ether oxygens (including phenoxy) is 6. The zero-order valence-corrected chi connectivity index (χ0v) is 85.5. The minimum absolute atomic E-state index is 0.0103. The van der Waals surface area contributed by atoms with Crippen molar-refractivity contribution in [1.29, 1.82) is 0 Å². The van der Waals surface area contributed by atoms with E-state index < -0.39 is 127 Å². The number of aliphatic hydroxyl groups is 2. The first-order chi connectivity index (χ1) is 70.2. The van der Waals surface area contributed by atoms with Crippen molar-refractivity contribution in [2.75, 3.05) is 52.1 Å². The number of amides is 2. The van der Waals surface area contributed by atoms with Gasteiger partial charge in [-0.3, -0.25) is 9.59 Å². The van der Waals surface area contributed by atoms with E-state index in [2.05, 4.69) is 34.4 Å². The Hall–Kier alpha value is -10.6. The minimum atomic E-state index is -4.20. The zero-order chi connectivity index (χ0) is 104. The van der Waals surface area contributed by atoms with Crippen molar-refractivity contribution in [3.63, 3.8) is 0 Å². The Bertz CT molecular complexity index is 7050. The van der Waals surface area contributed by atoms with Crippen molar-refractivity contribution >= 4 is 95.3 Å². The maximum Gasteiger partial charge on any atom is 0.246 e. The van der Waals surface area contributed by atoms with Gasteiger partial charge in [0.1, 0.15) is 75.4 Å². The molecule has 5 N–H and O–H groups in total. The number of fused-ring (bicyclic) bond motifs is 15. The highest BCUT2D eigenvalue weighted by atomic mass is 35.5. The van der Waals surface area contributed by atoms with Gasteiger partial charge in [-0.25, -0.2) is 65.7 Å². The van der Waals surface area contributed by atoms with Gasteiger partial charge in [0.25, 0.3) is 0 Å². The Kier molecular flexibility index (Phi) is 30.8. The third kappa shape index (κ3) is 20.3. The van der Waals surface area contributed by atoms with Gasteiger partial charge >= 0.3 is 0 Å². The molecular formula is C112H107Cl5F10N4O14S2. The van der Waals surface area contributed by atoms with E-state index in [-0.39, 0.29) is 161 Å². The van der Waals surface area contributed by atoms with Crippen LogP contribution in [0.15, 0.2) is 228 Å². The van der Waals surface area contributed by atoms with E-state index in [1.54, 1.807) is 30.5 Å². The highest BCUT2D eigenvalue weighted by Gasteiger charge is 2.65. The standard InChI is InChI=1S/C25H23ClF2N2O.C23H22ClF2NO4S.C22H22ClF2NO5S.C21H21ClF2O2.C21H19ClF2O2/c26-18-6-4-16(5-7-18)14-25-11-10-19(30-22-3-1-2-12-29-22)13-17(25)15-31-24-21(28)9-8-20(27)23(24)25;24-15-3-5-17(6-4-15)32(29,30)23-10-9-16(27-22(28)13-1-2-13)11-14(23)12-31-21-19(26)8-7-18(25)20(21)23;1-30-12-19(27)26-15-8-9-22(32(28,29)16-4-2-14(23)3-5-16)13(10-15)11-31-21-18(25)7-6-17(24)20(21)22;2*1-13-8-9-20(11-14-2-4-15(22)5-3-14)18-16(23)6-7-17(24)19(18)26-12-21(20,25)10-13/h1-9,12,17,19H,10-11,13-15H2,(H,29,30);3-8,13-14,16H,1-2,9-12H2,(H,27,28);2-7,13,15H,8-12H2,1H3,(H,26,27);2-7,13,25H,8-12H2,1H3;2-7,25H,1,8-12H2/t17-,19-,25+;14-,16-,23+;13-,15-,22+;13-,20+,21+;20-,21+/m11101/s1. The van der Waals surface area contributed by atoms with Crippen LogP contribution < -0.4 is 39.6 Å². The number of halogens is 15. The average Bonchev–Trinajstić information content (AvgIpc) is 1.52. The molecule has 0 radical (unpaired) electrons. The molecule has 6 saturated carbocycles. The molecule has 11 aliphatic rings. The summed E-state index contributed by atoms with van der Waals surface area (Å²) >= 11 is 29.9. The number of carbonyl (C=O) groups excluding carboxylic acids is 2. The lowest BCUT2D eigenvalue weighted by molar-refractivity contribution is -0.126. The van der Waals surface area contributed by atoms with E-state index in [4.69, 9.17) is 86.4 Å². The van der Waals surface area contributed by atoms with Crippen molar-refractivity contribution in [3.8, 4) is 28.7 Å². The minimum Gasteiger partial charge on any atom is -0.490 e. The molecule has 0 unspecified atom stereocenters. The molecule has 14 atom stereocenters. The Morgan fingerprint density at radius 1 is 0.429 bits per heavy atom. The summed E-state index contributed by atoms with van der Waals surface area (Å²) in [5.74, 6) is -7.80. The molecule has 0 saturated heterocycles. The lowest BCUT2D eigenvalue weighted by atomic mass is 9.54. The lowest BCUT2D eigenvalue weighted by Crippen LogP contribution is -2.62. The van der Waals surface area contributed by atoms with Crippen molar-refractivity contribution in [3.05, 3.63) is 346 Å². The SMILES string of the molecule is C=C1CC[C@@]2(Cc3ccc(Cl)cc3)c3c(F)ccc(F)c3OC[C@@]2(O)C1.COCC(=O)N[C@@H]1CC[C@@]2(S(=O)(=O)c3ccc(Cl)cc3)c3c(F)ccc(F)c3OC[C@H]2C1.C[C@H]1CC[C@@]2(Cc3ccc(Cl)cc3)c3c(F)ccc(F)c3OC[C@]2(O)C1.Fc1ccc(F)c2c1OC[C@H]1C[C@H](Nc3ccccn3)CC[C@@]21Cc1ccc(Cl)cc1.O=C(N[C@@H]1CC[C@@]2(S(=O)(=O)c3ccc(Cl)cc3)c3c(F)ccc(F)c3OC[C@H]2C1)C1CC1. The molecule has 0 spiro atoms. The zero-order valence-electron chi connectivity index (χ0n) is 80.1. The van der Waals surface area contributed by atoms with Gasteiger partial charge in [-0.1, -0.05) is 120 Å². The number of anilines is 1. The first kappa shape index (κ1) is 106. The average molecular weight is 2160 g/mol. The maximum atomic E-state index is 15.2. The van der Waals surface area contributed by atoms with Crippen LogP contribution in [0.2, 0.25) is 25.1 Å². The van der Waals surface area contributed by atoms with Gasteiger partial charge in [0, 0.05) is 120 Å². The van der Waals surface area contributed by atoms with Gasteiger partial charge in [-0.05, 0) is 302 Å². The molecule has 1 aromatic heterocycles. The monoisotopic (exact) mass is 2160 g/mol. The number of rotatable bonds is 17. The second-order valence-electron chi connectivity index (χ2n) is 40.6. The summed E-state index contributed by atoms with van der Waals surface area (Å²) in [4.78, 5) is 28.6. The van der Waals surface area contributed by atoms with E-state index in [0.29, 0.717) is 107 Å². The molecule has 6 heterocycles. The third-order valence-corrected chi connectivity index (χ3v) is 38.1. The Morgan fingerprint density at radius 2 is 0.810 bits per heavy atom. The molecule has 2 amide bonds. The van der Waals surface area contributed by atoms with Crippen LogP contribution in [0.3, 0.4) is 0 Å². The summed E-state index contributed by atoms with van der Waals surface area (Å²) < 4.78 is 233. The van der Waals surface area contributed by atoms with Gasteiger partial charge < -0.3 is 54.6 Å². The predicted octanol–water partition coefficient (Wildman–Crippen LogP) is 24.2. The highest BCUT2D eigenvalue weighted by Crippen LogP contribution is 2.63. The Balaban J connectivity index is 0.000000121. The molecule has 776 valence electrons. The van der Waals surface area contributed by atoms with Gasteiger partial charge in [-0.15, -0.1) is 0 Å². The number of nitrogens with one attached hydrogen (secondary N) is 3. The molecule has 147 heavy (non-hydrogen) atoms. The van der Waals surface area contributed by atoms with E-state index >= 15 is 13.2 Å². The van der Waals surface area contributed by atoms with Crippen molar-refractivity contribution in [2.45, 2.75) is 200 Å². The fourth-order valence-electron chi connectivity index (χ4n) is 24.5. The van der Waals surface area contributed by atoms with Crippen molar-refractivity contribution in [2.24, 2.45) is 29.6 Å². The van der Waals surface area contributed by atoms with Gasteiger partial charge in [0.15, 0.2) is 77.5 Å². The summed E-state index contributed by atoms with van der Waals surface area (Å²) in [5, 5.41) is 35.0. The number of methoxy groups -OCH3 is 1. The van der Waals surface area contributed by atoms with Crippen LogP contribution in [0, 0.1) is 87.8 Å². The van der Waals surface area contributed by atoms with Crippen LogP contribution in [-0.4, -0.2) is 120 Å². The quantitative estimate of drug-likeness (QED) is 0.0420. The fourth-order valence-corrected chi connectivity index (χ4v) is 29.8. The smallest absolute Gasteiger partial charge is 0.246 e. The Labute approximate surface area is 870 Å². The number of hydrogen-bond donors (Lipinski definition) is 5. The first-order valence-corrected chi connectivity index (χ1v) is 53.7. The summed E-state index contributed by atoms with van der Waals surface area (Å²) in [5.41, 5.74) is -1.10. The van der Waals surface area contributed by atoms with E-state index in [9.17, 15) is 67.4 Å². The van der Waals surface area contributed by atoms with Crippen LogP contribution in [0.4, 0.5) is 49.7 Å². The number of nitrogens with zero attached hydrogens (tertiary/aromatic N) is 1. The Morgan fingerprint density at radius 3 is 1.25 bits per heavy atom. The number of hydrogen-bond acceptors (Lipinski definition) is 16. The summed E-state index contributed by atoms with van der Waals surface area (Å²) in [6.45, 7) is 5.96. The molecule has 0 bridgehead atoms. The largest absolute Gasteiger partial charge is 0.490 e. The fraction of sp³-hybridized carbons (Fsp3) is 0.384. The molecule has 6 fully saturated rings. The van der Waals surface area contributed by atoms with Crippen LogP contribution in [-0.2, 0) is 79.0 Å². The molecule has 22 rings (SSSR count). The maximum absolute atomic E-state index is 15.2. The van der Waals surface area contributed by atoms with Crippen molar-refractivity contribution in [1.82, 2.24) is 15.6 Å². The molecular weight excluding hydrogens is 2060 g/mol. The molecule has 35 heteroatoms. The van der Waals surface area contributed by atoms with Crippen LogP contribution in [0.25, 0.3) is 0 Å². The number of benzene rings is 10. The van der Waals surface area contributed by atoms with E-state index in [0.717, 1.165) is 121 Å². The third-order valence-electron chi connectivity index (χ3n) is 31.7. The number of sulfone groups is 2. The van der Waals surface area contributed by atoms with E-state index in [1.165, 1.54) is 61.7 Å². The molecule has 10 aromatic carbocycles. The molecule has 6 aliphatic carbocycles. The number of aromatic nitrogens is 1. The van der Waals surface area contributed by atoms with Crippen LogP contribution in [0.5, 0.6) is 28.7 Å².